The van der Waals surface area contributed by atoms with Crippen LogP contribution in [0.1, 0.15) is 0 Å². The normalized spacial score (nSPS) is 10.1. The molecule has 0 radical (unpaired) electrons. The van der Waals surface area contributed by atoms with E-state index in [4.69, 9.17) is 5.73 Å². The molecule has 0 unspecified atom stereocenters. The summed E-state index contributed by atoms with van der Waals surface area (Å²) in [6, 6.07) is 11.7. The van der Waals surface area contributed by atoms with Crippen LogP contribution in [0.25, 0.3) is 11.3 Å². The molecule has 1 aromatic heterocycles. The molecule has 4 heteroatoms. The highest BCUT2D eigenvalue weighted by Crippen LogP contribution is 2.20. The van der Waals surface area contributed by atoms with Crippen LogP contribution in [0.5, 0.6) is 0 Å². The first-order valence-electron chi connectivity index (χ1n) is 5.04. The van der Waals surface area contributed by atoms with Gasteiger partial charge in [-0.05, 0) is 0 Å². The molecule has 16 heavy (non-hydrogen) atoms. The number of hydrogen-bond acceptors (Lipinski definition) is 4. The molecule has 0 saturated heterocycles. The Bertz CT molecular complexity index is 480. The standard InChI is InChI=1S/C12H14N4/c1-16(2)12-14-10(8-11(13)15-12)9-6-4-3-5-7-9/h3-8H,1-2H3,(H2,13,14,15). The van der Waals surface area contributed by atoms with Gasteiger partial charge in [-0.25, -0.2) is 4.98 Å². The molecule has 0 fully saturated rings. The molecule has 2 rings (SSSR count). The summed E-state index contributed by atoms with van der Waals surface area (Å²) in [6.07, 6.45) is 0. The van der Waals surface area contributed by atoms with Gasteiger partial charge in [0.25, 0.3) is 0 Å². The minimum Gasteiger partial charge on any atom is -0.384 e. The molecule has 0 atom stereocenters. The third-order valence-corrected chi connectivity index (χ3v) is 2.20. The molecule has 0 saturated carbocycles. The van der Waals surface area contributed by atoms with Crippen LogP contribution in [0.15, 0.2) is 36.4 Å². The van der Waals surface area contributed by atoms with Gasteiger partial charge < -0.3 is 10.6 Å². The Kier molecular flexibility index (Phi) is 2.72. The second-order valence-electron chi connectivity index (χ2n) is 3.74. The minimum absolute atomic E-state index is 0.484. The molecule has 1 heterocycles. The van der Waals surface area contributed by atoms with Crippen molar-refractivity contribution in [2.24, 2.45) is 0 Å². The average molecular weight is 214 g/mol. The summed E-state index contributed by atoms with van der Waals surface area (Å²) in [7, 11) is 3.78. The molecule has 4 nitrogen and oxygen atoms in total. The molecule has 0 aliphatic heterocycles. The molecule has 0 aliphatic carbocycles. The molecule has 2 aromatic rings. The van der Waals surface area contributed by atoms with Crippen molar-refractivity contribution in [3.8, 4) is 11.3 Å². The zero-order valence-electron chi connectivity index (χ0n) is 9.38. The van der Waals surface area contributed by atoms with Crippen molar-refractivity contribution in [1.29, 1.82) is 0 Å². The van der Waals surface area contributed by atoms with Crippen molar-refractivity contribution in [1.82, 2.24) is 9.97 Å². The molecule has 1 aromatic carbocycles. The van der Waals surface area contributed by atoms with Gasteiger partial charge in [-0.15, -0.1) is 0 Å². The van der Waals surface area contributed by atoms with Gasteiger partial charge in [-0.1, -0.05) is 30.3 Å². The molecular formula is C12H14N4. The van der Waals surface area contributed by atoms with Gasteiger partial charge in [-0.2, -0.15) is 4.98 Å². The van der Waals surface area contributed by atoms with Gasteiger partial charge >= 0.3 is 0 Å². The highest BCUT2D eigenvalue weighted by Gasteiger charge is 2.05. The first kappa shape index (κ1) is 10.4. The molecule has 0 bridgehead atoms. The largest absolute Gasteiger partial charge is 0.384 e. The van der Waals surface area contributed by atoms with E-state index in [1.54, 1.807) is 6.07 Å². The average Bonchev–Trinajstić information content (AvgIpc) is 2.29. The Morgan fingerprint density at radius 3 is 2.38 bits per heavy atom. The fourth-order valence-electron chi connectivity index (χ4n) is 1.41. The van der Waals surface area contributed by atoms with E-state index in [0.29, 0.717) is 11.8 Å². The smallest absolute Gasteiger partial charge is 0.227 e. The SMILES string of the molecule is CN(C)c1nc(N)cc(-c2ccccc2)n1. The molecular weight excluding hydrogens is 200 g/mol. The Labute approximate surface area is 94.8 Å². The van der Waals surface area contributed by atoms with Gasteiger partial charge in [0.05, 0.1) is 5.69 Å². The number of anilines is 2. The van der Waals surface area contributed by atoms with Crippen molar-refractivity contribution in [2.75, 3.05) is 24.7 Å². The molecule has 0 aliphatic rings. The summed E-state index contributed by atoms with van der Waals surface area (Å²) < 4.78 is 0. The maximum Gasteiger partial charge on any atom is 0.227 e. The summed E-state index contributed by atoms with van der Waals surface area (Å²) in [5, 5.41) is 0. The number of nitrogens with two attached hydrogens (primary N) is 1. The third-order valence-electron chi connectivity index (χ3n) is 2.20. The fourth-order valence-corrected chi connectivity index (χ4v) is 1.41. The Hall–Kier alpha value is -2.10. The van der Waals surface area contributed by atoms with Gasteiger partial charge in [0.1, 0.15) is 5.82 Å². The second kappa shape index (κ2) is 4.18. The van der Waals surface area contributed by atoms with Crippen LogP contribution in [0.4, 0.5) is 11.8 Å². The van der Waals surface area contributed by atoms with Crippen LogP contribution in [-0.2, 0) is 0 Å². The summed E-state index contributed by atoms with van der Waals surface area (Å²) in [4.78, 5) is 10.4. The van der Waals surface area contributed by atoms with Crippen molar-refractivity contribution >= 4 is 11.8 Å². The highest BCUT2D eigenvalue weighted by molar-refractivity contribution is 5.63. The predicted molar refractivity (Wildman–Crippen MR) is 66.2 cm³/mol. The summed E-state index contributed by atoms with van der Waals surface area (Å²) in [5.74, 6) is 1.11. The van der Waals surface area contributed by atoms with Crippen LogP contribution in [0.3, 0.4) is 0 Å². The van der Waals surface area contributed by atoms with Crippen LogP contribution in [0, 0.1) is 0 Å². The number of hydrogen-bond donors (Lipinski definition) is 1. The van der Waals surface area contributed by atoms with E-state index in [1.165, 1.54) is 0 Å². The lowest BCUT2D eigenvalue weighted by Crippen LogP contribution is -2.13. The number of benzene rings is 1. The maximum atomic E-state index is 5.76. The van der Waals surface area contributed by atoms with Crippen LogP contribution >= 0.6 is 0 Å². The van der Waals surface area contributed by atoms with E-state index < -0.39 is 0 Å². The van der Waals surface area contributed by atoms with E-state index in [1.807, 2.05) is 49.3 Å². The Morgan fingerprint density at radius 1 is 1.06 bits per heavy atom. The van der Waals surface area contributed by atoms with Crippen molar-refractivity contribution in [3.63, 3.8) is 0 Å². The molecule has 0 amide bonds. The minimum atomic E-state index is 0.484. The number of aromatic nitrogens is 2. The van der Waals surface area contributed by atoms with E-state index in [0.717, 1.165) is 11.3 Å². The maximum absolute atomic E-state index is 5.76. The topological polar surface area (TPSA) is 55.0 Å². The zero-order chi connectivity index (χ0) is 11.5. The lowest BCUT2D eigenvalue weighted by atomic mass is 10.1. The van der Waals surface area contributed by atoms with Gasteiger partial charge in [-0.3, -0.25) is 0 Å². The fraction of sp³-hybridized carbons (Fsp3) is 0.167. The highest BCUT2D eigenvalue weighted by atomic mass is 15.2. The van der Waals surface area contributed by atoms with E-state index >= 15 is 0 Å². The van der Waals surface area contributed by atoms with E-state index in [9.17, 15) is 0 Å². The van der Waals surface area contributed by atoms with Gasteiger partial charge in [0.15, 0.2) is 0 Å². The van der Waals surface area contributed by atoms with Crippen molar-refractivity contribution < 1.29 is 0 Å². The van der Waals surface area contributed by atoms with Crippen molar-refractivity contribution in [2.45, 2.75) is 0 Å². The van der Waals surface area contributed by atoms with Crippen LogP contribution < -0.4 is 10.6 Å². The lowest BCUT2D eigenvalue weighted by molar-refractivity contribution is 1.01. The van der Waals surface area contributed by atoms with Crippen LogP contribution in [0.2, 0.25) is 0 Å². The molecule has 82 valence electrons. The first-order valence-corrected chi connectivity index (χ1v) is 5.04. The van der Waals surface area contributed by atoms with E-state index in [2.05, 4.69) is 9.97 Å². The second-order valence-corrected chi connectivity index (χ2v) is 3.74. The van der Waals surface area contributed by atoms with Crippen LogP contribution in [-0.4, -0.2) is 24.1 Å². The van der Waals surface area contributed by atoms with E-state index in [-0.39, 0.29) is 0 Å². The van der Waals surface area contributed by atoms with Gasteiger partial charge in [0.2, 0.25) is 5.95 Å². The summed E-state index contributed by atoms with van der Waals surface area (Å²) in [6.45, 7) is 0. The summed E-state index contributed by atoms with van der Waals surface area (Å²) >= 11 is 0. The number of rotatable bonds is 2. The van der Waals surface area contributed by atoms with Gasteiger partial charge in [0, 0.05) is 25.7 Å². The number of nitrogens with zero attached hydrogens (tertiary/aromatic N) is 3. The lowest BCUT2D eigenvalue weighted by Gasteiger charge is -2.12. The molecule has 0 spiro atoms. The number of nitrogen functional groups attached to an aromatic ring is 1. The zero-order valence-corrected chi connectivity index (χ0v) is 9.38. The summed E-state index contributed by atoms with van der Waals surface area (Å²) in [5.41, 5.74) is 7.64. The predicted octanol–water partition coefficient (Wildman–Crippen LogP) is 1.79. The first-order chi connectivity index (χ1) is 7.66. The monoisotopic (exact) mass is 214 g/mol. The van der Waals surface area contributed by atoms with Crippen molar-refractivity contribution in [3.05, 3.63) is 36.4 Å². The molecule has 2 N–H and O–H groups in total. The Balaban J connectivity index is 2.50. The quantitative estimate of drug-likeness (QED) is 0.828. The Morgan fingerprint density at radius 2 is 1.75 bits per heavy atom. The third kappa shape index (κ3) is 2.11.